The number of benzene rings is 1. The van der Waals surface area contributed by atoms with Gasteiger partial charge in [-0.15, -0.1) is 0 Å². The summed E-state index contributed by atoms with van der Waals surface area (Å²) in [4.78, 5) is 0. The highest BCUT2D eigenvalue weighted by Crippen LogP contribution is 2.34. The quantitative estimate of drug-likeness (QED) is 0.838. The second-order valence-electron chi connectivity index (χ2n) is 5.82. The van der Waals surface area contributed by atoms with E-state index in [0.717, 1.165) is 6.54 Å². The number of rotatable bonds is 4. The SMILES string of the molecule is CCCNC(c1cc(C)cc(Br)c1)C(C)(C)C. The molecule has 0 heterocycles. The minimum Gasteiger partial charge on any atom is -0.309 e. The molecule has 1 aromatic carbocycles. The monoisotopic (exact) mass is 297 g/mol. The average Bonchev–Trinajstić information content (AvgIpc) is 2.14. The maximum absolute atomic E-state index is 3.66. The second kappa shape index (κ2) is 6.01. The number of nitrogens with one attached hydrogen (secondary N) is 1. The molecule has 1 N–H and O–H groups in total. The zero-order valence-corrected chi connectivity index (χ0v) is 13.2. The maximum atomic E-state index is 3.66. The molecular weight excluding hydrogens is 274 g/mol. The van der Waals surface area contributed by atoms with Crippen LogP contribution in [0.15, 0.2) is 22.7 Å². The normalized spacial score (nSPS) is 13.8. The van der Waals surface area contributed by atoms with Gasteiger partial charge in [-0.25, -0.2) is 0 Å². The molecule has 2 heteroatoms. The number of hydrogen-bond acceptors (Lipinski definition) is 1. The smallest absolute Gasteiger partial charge is 0.0369 e. The third kappa shape index (κ3) is 4.44. The van der Waals surface area contributed by atoms with Crippen molar-refractivity contribution in [3.05, 3.63) is 33.8 Å². The molecule has 0 amide bonds. The van der Waals surface area contributed by atoms with Crippen molar-refractivity contribution in [1.29, 1.82) is 0 Å². The minimum atomic E-state index is 0.225. The summed E-state index contributed by atoms with van der Waals surface area (Å²) in [5.41, 5.74) is 2.90. The Hall–Kier alpha value is -0.340. The van der Waals surface area contributed by atoms with Crippen LogP contribution in [-0.2, 0) is 0 Å². The summed E-state index contributed by atoms with van der Waals surface area (Å²) in [5, 5.41) is 3.66. The average molecular weight is 298 g/mol. The Morgan fingerprint density at radius 1 is 1.24 bits per heavy atom. The lowest BCUT2D eigenvalue weighted by Gasteiger charge is -2.32. The maximum Gasteiger partial charge on any atom is 0.0369 e. The predicted octanol–water partition coefficient (Wildman–Crippen LogP) is 4.84. The standard InChI is InChI=1S/C15H24BrN/c1-6-7-17-14(15(3,4)5)12-8-11(2)9-13(16)10-12/h8-10,14,17H,6-7H2,1-5H3. The Kier molecular flexibility index (Phi) is 5.21. The first-order valence-corrected chi connectivity index (χ1v) is 7.14. The highest BCUT2D eigenvalue weighted by atomic mass is 79.9. The van der Waals surface area contributed by atoms with Crippen molar-refractivity contribution in [2.45, 2.75) is 47.1 Å². The number of hydrogen-bond donors (Lipinski definition) is 1. The van der Waals surface area contributed by atoms with Crippen molar-refractivity contribution in [1.82, 2.24) is 5.32 Å². The summed E-state index contributed by atoms with van der Waals surface area (Å²) in [6.07, 6.45) is 1.17. The highest BCUT2D eigenvalue weighted by molar-refractivity contribution is 9.10. The molecule has 0 saturated heterocycles. The van der Waals surface area contributed by atoms with Crippen LogP contribution in [0.2, 0.25) is 0 Å². The summed E-state index contributed by atoms with van der Waals surface area (Å²) in [5.74, 6) is 0. The first kappa shape index (κ1) is 14.7. The molecule has 0 radical (unpaired) electrons. The first-order valence-electron chi connectivity index (χ1n) is 6.35. The molecule has 1 aromatic rings. The van der Waals surface area contributed by atoms with E-state index in [1.807, 2.05) is 0 Å². The van der Waals surface area contributed by atoms with Crippen molar-refractivity contribution in [3.8, 4) is 0 Å². The van der Waals surface area contributed by atoms with E-state index < -0.39 is 0 Å². The summed E-state index contributed by atoms with van der Waals surface area (Å²) < 4.78 is 1.17. The molecule has 0 aromatic heterocycles. The summed E-state index contributed by atoms with van der Waals surface area (Å²) in [6, 6.07) is 7.07. The van der Waals surface area contributed by atoms with Crippen LogP contribution < -0.4 is 5.32 Å². The second-order valence-corrected chi connectivity index (χ2v) is 6.73. The Morgan fingerprint density at radius 3 is 2.35 bits per heavy atom. The summed E-state index contributed by atoms with van der Waals surface area (Å²) >= 11 is 3.59. The Bertz CT molecular complexity index is 345. The van der Waals surface area contributed by atoms with E-state index in [2.05, 4.69) is 74.1 Å². The summed E-state index contributed by atoms with van der Waals surface area (Å²) in [7, 11) is 0. The van der Waals surface area contributed by atoms with Crippen LogP contribution in [0.4, 0.5) is 0 Å². The van der Waals surface area contributed by atoms with Crippen molar-refractivity contribution in [2.75, 3.05) is 6.54 Å². The fraction of sp³-hybridized carbons (Fsp3) is 0.600. The van der Waals surface area contributed by atoms with Crippen LogP contribution >= 0.6 is 15.9 Å². The van der Waals surface area contributed by atoms with Crippen molar-refractivity contribution < 1.29 is 0 Å². The number of aryl methyl sites for hydroxylation is 1. The van der Waals surface area contributed by atoms with Crippen LogP contribution in [0.25, 0.3) is 0 Å². The lowest BCUT2D eigenvalue weighted by molar-refractivity contribution is 0.273. The van der Waals surface area contributed by atoms with E-state index in [-0.39, 0.29) is 5.41 Å². The molecule has 0 aliphatic rings. The molecule has 0 aliphatic carbocycles. The molecule has 1 nitrogen and oxygen atoms in total. The predicted molar refractivity (Wildman–Crippen MR) is 79.4 cm³/mol. The Morgan fingerprint density at radius 2 is 1.88 bits per heavy atom. The topological polar surface area (TPSA) is 12.0 Å². The molecule has 0 spiro atoms. The fourth-order valence-electron chi connectivity index (χ4n) is 2.14. The molecular formula is C15H24BrN. The highest BCUT2D eigenvalue weighted by Gasteiger charge is 2.25. The van der Waals surface area contributed by atoms with Crippen LogP contribution in [0, 0.1) is 12.3 Å². The van der Waals surface area contributed by atoms with E-state index in [1.165, 1.54) is 22.0 Å². The lowest BCUT2D eigenvalue weighted by Crippen LogP contribution is -2.32. The van der Waals surface area contributed by atoms with Gasteiger partial charge in [-0.1, -0.05) is 49.7 Å². The Labute approximate surface area is 114 Å². The molecule has 1 rings (SSSR count). The number of halogens is 1. The van der Waals surface area contributed by atoms with Crippen LogP contribution in [0.1, 0.15) is 51.3 Å². The van der Waals surface area contributed by atoms with E-state index >= 15 is 0 Å². The van der Waals surface area contributed by atoms with Gasteiger partial charge in [-0.2, -0.15) is 0 Å². The van der Waals surface area contributed by atoms with Gasteiger partial charge in [0.25, 0.3) is 0 Å². The van der Waals surface area contributed by atoms with E-state index in [0.29, 0.717) is 6.04 Å². The van der Waals surface area contributed by atoms with Crippen molar-refractivity contribution in [3.63, 3.8) is 0 Å². The van der Waals surface area contributed by atoms with Crippen molar-refractivity contribution in [2.24, 2.45) is 5.41 Å². The molecule has 0 saturated carbocycles. The molecule has 17 heavy (non-hydrogen) atoms. The van der Waals surface area contributed by atoms with Gasteiger partial charge in [0.2, 0.25) is 0 Å². The van der Waals surface area contributed by atoms with Gasteiger partial charge in [-0.05, 0) is 48.6 Å². The minimum absolute atomic E-state index is 0.225. The van der Waals surface area contributed by atoms with Gasteiger partial charge in [-0.3, -0.25) is 0 Å². The third-order valence-electron chi connectivity index (χ3n) is 2.86. The van der Waals surface area contributed by atoms with Crippen molar-refractivity contribution >= 4 is 15.9 Å². The zero-order chi connectivity index (χ0) is 13.1. The molecule has 1 atom stereocenters. The summed E-state index contributed by atoms with van der Waals surface area (Å²) in [6.45, 7) is 12.3. The van der Waals surface area contributed by atoms with E-state index in [4.69, 9.17) is 0 Å². The van der Waals surface area contributed by atoms with Crippen LogP contribution in [-0.4, -0.2) is 6.54 Å². The lowest BCUT2D eigenvalue weighted by atomic mass is 9.82. The molecule has 0 fully saturated rings. The van der Waals surface area contributed by atoms with Crippen LogP contribution in [0.5, 0.6) is 0 Å². The van der Waals surface area contributed by atoms with Gasteiger partial charge in [0, 0.05) is 10.5 Å². The zero-order valence-electron chi connectivity index (χ0n) is 11.6. The molecule has 96 valence electrons. The van der Waals surface area contributed by atoms with Gasteiger partial charge >= 0.3 is 0 Å². The van der Waals surface area contributed by atoms with Crippen LogP contribution in [0.3, 0.4) is 0 Å². The largest absolute Gasteiger partial charge is 0.309 e. The van der Waals surface area contributed by atoms with Gasteiger partial charge in [0.1, 0.15) is 0 Å². The van der Waals surface area contributed by atoms with Gasteiger partial charge < -0.3 is 5.32 Å². The van der Waals surface area contributed by atoms with Gasteiger partial charge in [0.05, 0.1) is 0 Å². The van der Waals surface area contributed by atoms with E-state index in [1.54, 1.807) is 0 Å². The first-order chi connectivity index (χ1) is 7.84. The van der Waals surface area contributed by atoms with E-state index in [9.17, 15) is 0 Å². The van der Waals surface area contributed by atoms with Gasteiger partial charge in [0.15, 0.2) is 0 Å². The Balaban J connectivity index is 3.03. The molecule has 0 aliphatic heterocycles. The fourth-order valence-corrected chi connectivity index (χ4v) is 2.77. The molecule has 1 unspecified atom stereocenters. The molecule has 0 bridgehead atoms. The third-order valence-corrected chi connectivity index (χ3v) is 3.32.